The molecule has 110 valence electrons. The number of esters is 1. The van der Waals surface area contributed by atoms with E-state index >= 15 is 0 Å². The average molecular weight is 276 g/mol. The quantitative estimate of drug-likeness (QED) is 0.588. The van der Waals surface area contributed by atoms with Crippen molar-refractivity contribution in [2.24, 2.45) is 5.92 Å². The molecule has 2 unspecified atom stereocenters. The number of rotatable bonds is 6. The predicted molar refractivity (Wildman–Crippen MR) is 78.3 cm³/mol. The molecule has 0 aliphatic carbocycles. The lowest BCUT2D eigenvalue weighted by molar-refractivity contribution is -0.149. The lowest BCUT2D eigenvalue weighted by Gasteiger charge is -2.20. The van der Waals surface area contributed by atoms with Gasteiger partial charge >= 0.3 is 5.97 Å². The van der Waals surface area contributed by atoms with E-state index in [0.29, 0.717) is 18.9 Å². The summed E-state index contributed by atoms with van der Waals surface area (Å²) in [5.74, 6) is 0.213. The van der Waals surface area contributed by atoms with Crippen LogP contribution in [0.4, 0.5) is 0 Å². The molecule has 1 aliphatic heterocycles. The van der Waals surface area contributed by atoms with Crippen LogP contribution in [0.1, 0.15) is 46.1 Å². The molecule has 0 saturated carbocycles. The van der Waals surface area contributed by atoms with Crippen molar-refractivity contribution in [2.75, 3.05) is 6.61 Å². The van der Waals surface area contributed by atoms with E-state index in [1.54, 1.807) is 0 Å². The van der Waals surface area contributed by atoms with Gasteiger partial charge < -0.3 is 9.47 Å². The fraction of sp³-hybridized carbons (Fsp3) is 0.588. The lowest BCUT2D eigenvalue weighted by Crippen LogP contribution is -2.35. The summed E-state index contributed by atoms with van der Waals surface area (Å²) in [5.41, 5.74) is -0.262. The van der Waals surface area contributed by atoms with E-state index in [-0.39, 0.29) is 5.97 Å². The Labute approximate surface area is 121 Å². The molecule has 0 spiro atoms. The molecular formula is C17H24O3. The Morgan fingerprint density at radius 1 is 1.25 bits per heavy atom. The van der Waals surface area contributed by atoms with Gasteiger partial charge in [-0.2, -0.15) is 0 Å². The first kappa shape index (κ1) is 15.0. The van der Waals surface area contributed by atoms with E-state index in [9.17, 15) is 4.79 Å². The summed E-state index contributed by atoms with van der Waals surface area (Å²) < 4.78 is 11.3. The van der Waals surface area contributed by atoms with Gasteiger partial charge in [0.05, 0.1) is 6.61 Å². The molecule has 1 fully saturated rings. The van der Waals surface area contributed by atoms with Crippen molar-refractivity contribution in [1.29, 1.82) is 0 Å². The Bertz CT molecular complexity index is 468. The van der Waals surface area contributed by atoms with Crippen LogP contribution >= 0.6 is 0 Å². The molecule has 1 aliphatic rings. The molecule has 1 saturated heterocycles. The molecule has 1 heterocycles. The molecular weight excluding hydrogens is 252 g/mol. The van der Waals surface area contributed by atoms with Crippen molar-refractivity contribution in [3.05, 3.63) is 35.9 Å². The molecule has 3 nitrogen and oxygen atoms in total. The minimum absolute atomic E-state index is 0.230. The monoisotopic (exact) mass is 276 g/mol. The third-order valence-corrected chi connectivity index (χ3v) is 4.00. The summed E-state index contributed by atoms with van der Waals surface area (Å²) in [6.45, 7) is 8.50. The first-order chi connectivity index (χ1) is 9.52. The van der Waals surface area contributed by atoms with Gasteiger partial charge in [-0.05, 0) is 31.2 Å². The summed E-state index contributed by atoms with van der Waals surface area (Å²) >= 11 is 0. The number of epoxide rings is 1. The van der Waals surface area contributed by atoms with Crippen LogP contribution < -0.4 is 0 Å². The molecule has 0 N–H and O–H groups in total. The summed E-state index contributed by atoms with van der Waals surface area (Å²) in [5, 5.41) is 0. The smallest absolute Gasteiger partial charge is 0.341 e. The molecule has 0 amide bonds. The summed E-state index contributed by atoms with van der Waals surface area (Å²) in [6, 6.07) is 10.0. The average Bonchev–Trinajstić information content (AvgIpc) is 3.10. The minimum atomic E-state index is -0.811. The fourth-order valence-corrected chi connectivity index (χ4v) is 3.13. The molecule has 1 aromatic carbocycles. The zero-order chi connectivity index (χ0) is 14.8. The third-order valence-electron chi connectivity index (χ3n) is 4.00. The van der Waals surface area contributed by atoms with Crippen LogP contribution in [-0.2, 0) is 19.9 Å². The largest absolute Gasteiger partial charge is 0.464 e. The Balaban J connectivity index is 2.39. The van der Waals surface area contributed by atoms with Crippen LogP contribution in [0, 0.1) is 5.92 Å². The van der Waals surface area contributed by atoms with Crippen molar-refractivity contribution < 1.29 is 14.3 Å². The van der Waals surface area contributed by atoms with E-state index in [0.717, 1.165) is 12.0 Å². The SMILES string of the molecule is CCOC(=O)C1(CC)OC1(CC(C)C)c1ccccc1. The Morgan fingerprint density at radius 2 is 1.90 bits per heavy atom. The number of ether oxygens (including phenoxy) is 2. The number of carbonyl (C=O) groups is 1. The van der Waals surface area contributed by atoms with Gasteiger partial charge in [-0.3, -0.25) is 0 Å². The first-order valence-electron chi connectivity index (χ1n) is 7.45. The second kappa shape index (κ2) is 5.57. The molecule has 3 heteroatoms. The van der Waals surface area contributed by atoms with E-state index in [1.165, 1.54) is 0 Å². The minimum Gasteiger partial charge on any atom is -0.464 e. The highest BCUT2D eigenvalue weighted by molar-refractivity contribution is 5.85. The van der Waals surface area contributed by atoms with Crippen molar-refractivity contribution in [3.63, 3.8) is 0 Å². The van der Waals surface area contributed by atoms with E-state index in [1.807, 2.05) is 44.2 Å². The maximum Gasteiger partial charge on any atom is 0.341 e. The highest BCUT2D eigenvalue weighted by Crippen LogP contribution is 2.61. The van der Waals surface area contributed by atoms with Gasteiger partial charge in [-0.15, -0.1) is 0 Å². The summed E-state index contributed by atoms with van der Waals surface area (Å²) in [4.78, 5) is 12.4. The topological polar surface area (TPSA) is 38.8 Å². The van der Waals surface area contributed by atoms with Crippen LogP contribution in [-0.4, -0.2) is 18.2 Å². The number of hydrogen-bond acceptors (Lipinski definition) is 3. The fourth-order valence-electron chi connectivity index (χ4n) is 3.13. The van der Waals surface area contributed by atoms with Gasteiger partial charge in [-0.25, -0.2) is 4.79 Å². The zero-order valence-corrected chi connectivity index (χ0v) is 12.8. The van der Waals surface area contributed by atoms with E-state index in [4.69, 9.17) is 9.47 Å². The molecule has 20 heavy (non-hydrogen) atoms. The Kier molecular flexibility index (Phi) is 4.19. The first-order valence-corrected chi connectivity index (χ1v) is 7.45. The molecule has 0 bridgehead atoms. The summed E-state index contributed by atoms with van der Waals surface area (Å²) in [6.07, 6.45) is 1.46. The third kappa shape index (κ3) is 2.24. The van der Waals surface area contributed by atoms with Crippen LogP contribution in [0.5, 0.6) is 0 Å². The zero-order valence-electron chi connectivity index (χ0n) is 12.8. The maximum absolute atomic E-state index is 12.4. The van der Waals surface area contributed by atoms with Crippen LogP contribution in [0.3, 0.4) is 0 Å². The molecule has 2 atom stereocenters. The van der Waals surface area contributed by atoms with Crippen molar-refractivity contribution in [3.8, 4) is 0 Å². The number of carbonyl (C=O) groups excluding carboxylic acids is 1. The summed E-state index contributed by atoms with van der Waals surface area (Å²) in [7, 11) is 0. The van der Waals surface area contributed by atoms with Crippen LogP contribution in [0.15, 0.2) is 30.3 Å². The Morgan fingerprint density at radius 3 is 2.40 bits per heavy atom. The molecule has 2 rings (SSSR count). The second-order valence-electron chi connectivity index (χ2n) is 5.79. The lowest BCUT2D eigenvalue weighted by atomic mass is 9.79. The van der Waals surface area contributed by atoms with E-state index in [2.05, 4.69) is 13.8 Å². The van der Waals surface area contributed by atoms with Crippen LogP contribution in [0.2, 0.25) is 0 Å². The van der Waals surface area contributed by atoms with Crippen LogP contribution in [0.25, 0.3) is 0 Å². The molecule has 0 radical (unpaired) electrons. The standard InChI is InChI=1S/C17H24O3/c1-5-16(15(18)19-6-2)17(20-16,12-13(3)4)14-10-8-7-9-11-14/h7-11,13H,5-6,12H2,1-4H3. The molecule has 0 aromatic heterocycles. The Hall–Kier alpha value is -1.35. The van der Waals surface area contributed by atoms with Gasteiger partial charge in [0, 0.05) is 0 Å². The van der Waals surface area contributed by atoms with E-state index < -0.39 is 11.2 Å². The second-order valence-corrected chi connectivity index (χ2v) is 5.79. The van der Waals surface area contributed by atoms with Gasteiger partial charge in [-0.1, -0.05) is 51.1 Å². The highest BCUT2D eigenvalue weighted by Gasteiger charge is 2.75. The van der Waals surface area contributed by atoms with Crippen molar-refractivity contribution in [2.45, 2.75) is 51.7 Å². The normalized spacial score (nSPS) is 28.4. The maximum atomic E-state index is 12.4. The van der Waals surface area contributed by atoms with Gasteiger partial charge in [0.25, 0.3) is 0 Å². The van der Waals surface area contributed by atoms with Crippen molar-refractivity contribution >= 4 is 5.97 Å². The predicted octanol–water partition coefficient (Wildman–Crippen LogP) is 3.67. The van der Waals surface area contributed by atoms with Gasteiger partial charge in [0.15, 0.2) is 5.60 Å². The van der Waals surface area contributed by atoms with Crippen molar-refractivity contribution in [1.82, 2.24) is 0 Å². The van der Waals surface area contributed by atoms with Gasteiger partial charge in [0.1, 0.15) is 5.60 Å². The highest BCUT2D eigenvalue weighted by atomic mass is 16.7. The molecule has 1 aromatic rings. The number of hydrogen-bond donors (Lipinski definition) is 0. The van der Waals surface area contributed by atoms with Gasteiger partial charge in [0.2, 0.25) is 0 Å². The number of benzene rings is 1.